The smallest absolute Gasteiger partial charge is 0.0783 e. The maximum absolute atomic E-state index is 10.3. The van der Waals surface area contributed by atoms with E-state index in [4.69, 9.17) is 4.74 Å². The number of rotatable bonds is 7. The summed E-state index contributed by atoms with van der Waals surface area (Å²) in [5.74, 6) is 0. The first-order valence-corrected chi connectivity index (χ1v) is 6.43. The zero-order valence-corrected chi connectivity index (χ0v) is 11.9. The van der Waals surface area contributed by atoms with Gasteiger partial charge in [0, 0.05) is 26.6 Å². The third-order valence-electron chi connectivity index (χ3n) is 3.15. The van der Waals surface area contributed by atoms with Crippen molar-refractivity contribution in [2.24, 2.45) is 0 Å². The van der Waals surface area contributed by atoms with Crippen molar-refractivity contribution in [1.29, 1.82) is 0 Å². The third kappa shape index (κ3) is 5.17. The van der Waals surface area contributed by atoms with E-state index in [0.717, 1.165) is 6.54 Å². The molecule has 0 saturated heterocycles. The molecule has 0 aliphatic rings. The highest BCUT2D eigenvalue weighted by molar-refractivity contribution is 5.30. The van der Waals surface area contributed by atoms with Crippen molar-refractivity contribution in [3.05, 3.63) is 34.9 Å². The van der Waals surface area contributed by atoms with Gasteiger partial charge in [-0.25, -0.2) is 0 Å². The first kappa shape index (κ1) is 15.2. The molecule has 18 heavy (non-hydrogen) atoms. The van der Waals surface area contributed by atoms with Crippen LogP contribution in [0, 0.1) is 13.8 Å². The van der Waals surface area contributed by atoms with Crippen molar-refractivity contribution in [3.63, 3.8) is 0 Å². The zero-order valence-electron chi connectivity index (χ0n) is 11.9. The van der Waals surface area contributed by atoms with Gasteiger partial charge in [0.25, 0.3) is 0 Å². The number of aliphatic hydroxyl groups is 1. The fourth-order valence-corrected chi connectivity index (χ4v) is 1.95. The Bertz CT molecular complexity index is 375. The van der Waals surface area contributed by atoms with Crippen LogP contribution in [0.15, 0.2) is 18.2 Å². The van der Waals surface area contributed by atoms with Gasteiger partial charge in [-0.2, -0.15) is 0 Å². The summed E-state index contributed by atoms with van der Waals surface area (Å²) in [4.78, 5) is 0. The van der Waals surface area contributed by atoms with Crippen molar-refractivity contribution in [1.82, 2.24) is 5.32 Å². The van der Waals surface area contributed by atoms with Crippen molar-refractivity contribution in [2.45, 2.75) is 32.8 Å². The SMILES string of the molecule is COCCNCC(C)(O)Cc1ccc(C)c(C)c1. The van der Waals surface area contributed by atoms with E-state index in [0.29, 0.717) is 19.6 Å². The normalized spacial score (nSPS) is 14.5. The lowest BCUT2D eigenvalue weighted by Gasteiger charge is -2.24. The Morgan fingerprint density at radius 1 is 1.28 bits per heavy atom. The average Bonchev–Trinajstić information content (AvgIpc) is 2.29. The standard InChI is InChI=1S/C15H25NO2/c1-12-5-6-14(9-13(12)2)10-15(3,17)11-16-7-8-18-4/h5-6,9,16-17H,7-8,10-11H2,1-4H3. The van der Waals surface area contributed by atoms with E-state index in [-0.39, 0.29) is 0 Å². The summed E-state index contributed by atoms with van der Waals surface area (Å²) < 4.78 is 4.96. The topological polar surface area (TPSA) is 41.5 Å². The molecule has 102 valence electrons. The Morgan fingerprint density at radius 2 is 2.00 bits per heavy atom. The fraction of sp³-hybridized carbons (Fsp3) is 0.600. The molecule has 0 fully saturated rings. The first-order valence-electron chi connectivity index (χ1n) is 6.43. The molecule has 1 unspecified atom stereocenters. The minimum absolute atomic E-state index is 0.573. The number of hydrogen-bond acceptors (Lipinski definition) is 3. The Hall–Kier alpha value is -0.900. The monoisotopic (exact) mass is 251 g/mol. The molecule has 0 radical (unpaired) electrons. The van der Waals surface area contributed by atoms with Gasteiger partial charge in [0.05, 0.1) is 12.2 Å². The average molecular weight is 251 g/mol. The van der Waals surface area contributed by atoms with E-state index in [2.05, 4.69) is 37.4 Å². The second kappa shape index (κ2) is 6.88. The Balaban J connectivity index is 2.50. The van der Waals surface area contributed by atoms with E-state index in [1.54, 1.807) is 7.11 Å². The molecule has 0 aliphatic carbocycles. The molecule has 0 amide bonds. The summed E-state index contributed by atoms with van der Waals surface area (Å²) in [6.07, 6.45) is 0.661. The van der Waals surface area contributed by atoms with Gasteiger partial charge in [-0.1, -0.05) is 18.2 Å². The number of aryl methyl sites for hydroxylation is 2. The molecule has 0 heterocycles. The number of ether oxygens (including phenoxy) is 1. The van der Waals surface area contributed by atoms with Crippen LogP contribution >= 0.6 is 0 Å². The van der Waals surface area contributed by atoms with E-state index in [1.807, 2.05) is 6.92 Å². The van der Waals surface area contributed by atoms with Crippen LogP contribution in [0.25, 0.3) is 0 Å². The van der Waals surface area contributed by atoms with Crippen molar-refractivity contribution < 1.29 is 9.84 Å². The Morgan fingerprint density at radius 3 is 2.61 bits per heavy atom. The Labute approximate surface area is 110 Å². The van der Waals surface area contributed by atoms with Crippen LogP contribution < -0.4 is 5.32 Å². The summed E-state index contributed by atoms with van der Waals surface area (Å²) in [7, 11) is 1.68. The fourth-order valence-electron chi connectivity index (χ4n) is 1.95. The lowest BCUT2D eigenvalue weighted by atomic mass is 9.94. The number of methoxy groups -OCH3 is 1. The highest BCUT2D eigenvalue weighted by Crippen LogP contribution is 2.16. The summed E-state index contributed by atoms with van der Waals surface area (Å²) in [5, 5.41) is 13.5. The molecule has 3 heteroatoms. The predicted octanol–water partition coefficient (Wildman–Crippen LogP) is 1.83. The molecule has 0 aliphatic heterocycles. The van der Waals surface area contributed by atoms with Crippen molar-refractivity contribution in [3.8, 4) is 0 Å². The molecule has 0 spiro atoms. The molecular weight excluding hydrogens is 226 g/mol. The van der Waals surface area contributed by atoms with Gasteiger partial charge in [-0.05, 0) is 37.5 Å². The number of benzene rings is 1. The van der Waals surface area contributed by atoms with Crippen LogP contribution in [0.4, 0.5) is 0 Å². The lowest BCUT2D eigenvalue weighted by Crippen LogP contribution is -2.40. The van der Waals surface area contributed by atoms with E-state index < -0.39 is 5.60 Å². The predicted molar refractivity (Wildman–Crippen MR) is 75.0 cm³/mol. The Kier molecular flexibility index (Phi) is 5.79. The van der Waals surface area contributed by atoms with Gasteiger partial charge >= 0.3 is 0 Å². The quantitative estimate of drug-likeness (QED) is 0.727. The van der Waals surface area contributed by atoms with Crippen LogP contribution in [-0.2, 0) is 11.2 Å². The minimum Gasteiger partial charge on any atom is -0.389 e. The lowest BCUT2D eigenvalue weighted by molar-refractivity contribution is 0.0581. The van der Waals surface area contributed by atoms with E-state index in [9.17, 15) is 5.11 Å². The molecule has 0 saturated carbocycles. The van der Waals surface area contributed by atoms with Crippen LogP contribution in [-0.4, -0.2) is 37.5 Å². The largest absolute Gasteiger partial charge is 0.389 e. The van der Waals surface area contributed by atoms with Crippen molar-refractivity contribution in [2.75, 3.05) is 26.8 Å². The molecular formula is C15H25NO2. The van der Waals surface area contributed by atoms with Gasteiger partial charge in [-0.15, -0.1) is 0 Å². The first-order chi connectivity index (χ1) is 8.44. The van der Waals surface area contributed by atoms with Crippen LogP contribution in [0.3, 0.4) is 0 Å². The summed E-state index contributed by atoms with van der Waals surface area (Å²) >= 11 is 0. The number of nitrogens with one attached hydrogen (secondary N) is 1. The molecule has 2 N–H and O–H groups in total. The maximum atomic E-state index is 10.3. The molecule has 0 aromatic heterocycles. The molecule has 1 atom stereocenters. The van der Waals surface area contributed by atoms with Gasteiger partial charge in [0.15, 0.2) is 0 Å². The number of hydrogen-bond donors (Lipinski definition) is 2. The van der Waals surface area contributed by atoms with Gasteiger partial charge in [0.1, 0.15) is 0 Å². The van der Waals surface area contributed by atoms with Crippen LogP contribution in [0.1, 0.15) is 23.6 Å². The second-order valence-corrected chi connectivity index (χ2v) is 5.26. The molecule has 1 aromatic carbocycles. The molecule has 3 nitrogen and oxygen atoms in total. The highest BCUT2D eigenvalue weighted by atomic mass is 16.5. The van der Waals surface area contributed by atoms with Gasteiger partial charge in [-0.3, -0.25) is 0 Å². The van der Waals surface area contributed by atoms with E-state index >= 15 is 0 Å². The maximum Gasteiger partial charge on any atom is 0.0783 e. The summed E-state index contributed by atoms with van der Waals surface area (Å²) in [6.45, 7) is 8.07. The second-order valence-electron chi connectivity index (χ2n) is 5.26. The molecule has 1 aromatic rings. The third-order valence-corrected chi connectivity index (χ3v) is 3.15. The van der Waals surface area contributed by atoms with Gasteiger partial charge < -0.3 is 15.2 Å². The highest BCUT2D eigenvalue weighted by Gasteiger charge is 2.20. The zero-order chi connectivity index (χ0) is 13.6. The molecule has 1 rings (SSSR count). The van der Waals surface area contributed by atoms with Gasteiger partial charge in [0.2, 0.25) is 0 Å². The minimum atomic E-state index is -0.727. The molecule has 0 bridgehead atoms. The van der Waals surface area contributed by atoms with E-state index in [1.165, 1.54) is 16.7 Å². The summed E-state index contributed by atoms with van der Waals surface area (Å²) in [6, 6.07) is 6.35. The van der Waals surface area contributed by atoms with Crippen LogP contribution in [0.2, 0.25) is 0 Å². The van der Waals surface area contributed by atoms with Crippen molar-refractivity contribution >= 4 is 0 Å². The summed E-state index contributed by atoms with van der Waals surface area (Å²) in [5.41, 5.74) is 3.01. The van der Waals surface area contributed by atoms with Crippen LogP contribution in [0.5, 0.6) is 0 Å².